The monoisotopic (exact) mass is 446 g/mol. The minimum Gasteiger partial charge on any atom is -0.496 e. The van der Waals surface area contributed by atoms with Gasteiger partial charge in [-0.25, -0.2) is 4.98 Å². The van der Waals surface area contributed by atoms with Gasteiger partial charge in [0.15, 0.2) is 17.3 Å². The second-order valence-electron chi connectivity index (χ2n) is 6.42. The SMILES string of the molecule is COc1ccc(Cl)cc1-c1nc(SC(C)C(=O)Nc2ccc3c(c2)OCCO3)n[nH]1. The molecular formula is C20H19ClN4O4S. The van der Waals surface area contributed by atoms with E-state index in [9.17, 15) is 4.79 Å². The van der Waals surface area contributed by atoms with Crippen LogP contribution in [0.1, 0.15) is 6.92 Å². The van der Waals surface area contributed by atoms with Crippen molar-refractivity contribution in [3.8, 4) is 28.6 Å². The highest BCUT2D eigenvalue weighted by Crippen LogP contribution is 2.34. The second-order valence-corrected chi connectivity index (χ2v) is 8.16. The summed E-state index contributed by atoms with van der Waals surface area (Å²) in [6.07, 6.45) is 0. The Kier molecular flexibility index (Phi) is 6.01. The fourth-order valence-electron chi connectivity index (χ4n) is 2.86. The van der Waals surface area contributed by atoms with Gasteiger partial charge in [0.05, 0.1) is 17.9 Å². The van der Waals surface area contributed by atoms with Crippen LogP contribution >= 0.6 is 23.4 Å². The van der Waals surface area contributed by atoms with Crippen LogP contribution in [0.5, 0.6) is 17.2 Å². The summed E-state index contributed by atoms with van der Waals surface area (Å²) >= 11 is 7.32. The number of nitrogens with zero attached hydrogens (tertiary/aromatic N) is 2. The van der Waals surface area contributed by atoms with Crippen molar-refractivity contribution in [1.29, 1.82) is 0 Å². The third kappa shape index (κ3) is 4.47. The predicted octanol–water partition coefficient (Wildman–Crippen LogP) is 4.02. The van der Waals surface area contributed by atoms with Gasteiger partial charge in [0.1, 0.15) is 19.0 Å². The number of rotatable bonds is 6. The molecule has 3 aromatic rings. The highest BCUT2D eigenvalue weighted by atomic mass is 35.5. The molecule has 1 aliphatic heterocycles. The molecule has 156 valence electrons. The Morgan fingerprint density at radius 1 is 1.23 bits per heavy atom. The van der Waals surface area contributed by atoms with Crippen molar-refractivity contribution in [2.24, 2.45) is 0 Å². The van der Waals surface area contributed by atoms with Gasteiger partial charge in [0.2, 0.25) is 11.1 Å². The molecule has 0 bridgehead atoms. The summed E-state index contributed by atoms with van der Waals surface area (Å²) in [6.45, 7) is 2.79. The first kappa shape index (κ1) is 20.4. The average molecular weight is 447 g/mol. The van der Waals surface area contributed by atoms with Gasteiger partial charge >= 0.3 is 0 Å². The Labute approximate surface area is 182 Å². The first-order valence-electron chi connectivity index (χ1n) is 9.17. The number of methoxy groups -OCH3 is 1. The average Bonchev–Trinajstić information content (AvgIpc) is 3.22. The van der Waals surface area contributed by atoms with Gasteiger partial charge in [-0.1, -0.05) is 23.4 Å². The maximum absolute atomic E-state index is 12.6. The number of amides is 1. The first-order chi connectivity index (χ1) is 14.5. The summed E-state index contributed by atoms with van der Waals surface area (Å²) in [4.78, 5) is 17.1. The molecular weight excluding hydrogens is 428 g/mol. The molecule has 2 aromatic carbocycles. The van der Waals surface area contributed by atoms with Crippen molar-refractivity contribution < 1.29 is 19.0 Å². The van der Waals surface area contributed by atoms with E-state index < -0.39 is 5.25 Å². The van der Waals surface area contributed by atoms with Gasteiger partial charge in [0.25, 0.3) is 0 Å². The molecule has 0 spiro atoms. The van der Waals surface area contributed by atoms with Crippen LogP contribution in [-0.2, 0) is 4.79 Å². The van der Waals surface area contributed by atoms with Crippen molar-refractivity contribution in [2.45, 2.75) is 17.3 Å². The third-order valence-corrected chi connectivity index (χ3v) is 5.54. The lowest BCUT2D eigenvalue weighted by Crippen LogP contribution is -2.23. The van der Waals surface area contributed by atoms with Crippen LogP contribution in [0.15, 0.2) is 41.6 Å². The number of H-pyrrole nitrogens is 1. The Balaban J connectivity index is 1.42. The molecule has 1 aliphatic rings. The topological polar surface area (TPSA) is 98.4 Å². The molecule has 0 saturated carbocycles. The standard InChI is InChI=1S/C20H19ClN4O4S/c1-11(19(26)22-13-4-6-16-17(10-13)29-8-7-28-16)30-20-23-18(24-25-20)14-9-12(21)3-5-15(14)27-2/h3-6,9-11H,7-8H2,1-2H3,(H,22,26)(H,23,24,25). The lowest BCUT2D eigenvalue weighted by atomic mass is 10.2. The number of fused-ring (bicyclic) bond motifs is 1. The van der Waals surface area contributed by atoms with Crippen molar-refractivity contribution >= 4 is 35.0 Å². The molecule has 0 fully saturated rings. The summed E-state index contributed by atoms with van der Waals surface area (Å²) in [7, 11) is 1.57. The van der Waals surface area contributed by atoms with Gasteiger partial charge < -0.3 is 19.5 Å². The normalized spacial score (nSPS) is 13.6. The Morgan fingerprint density at radius 2 is 2.03 bits per heavy atom. The number of anilines is 1. The number of thioether (sulfide) groups is 1. The minimum atomic E-state index is -0.428. The number of halogens is 1. The molecule has 4 rings (SSSR count). The van der Waals surface area contributed by atoms with E-state index in [2.05, 4.69) is 20.5 Å². The fourth-order valence-corrected chi connectivity index (χ4v) is 3.76. The summed E-state index contributed by atoms with van der Waals surface area (Å²) in [5.74, 6) is 2.25. The number of nitrogens with one attached hydrogen (secondary N) is 2. The predicted molar refractivity (Wildman–Crippen MR) is 115 cm³/mol. The number of carbonyl (C=O) groups is 1. The number of hydrogen-bond acceptors (Lipinski definition) is 7. The van der Waals surface area contributed by atoms with Crippen molar-refractivity contribution in [3.05, 3.63) is 41.4 Å². The number of carbonyl (C=O) groups excluding carboxylic acids is 1. The molecule has 1 aromatic heterocycles. The van der Waals surface area contributed by atoms with Gasteiger partial charge in [-0.05, 0) is 37.3 Å². The largest absolute Gasteiger partial charge is 0.496 e. The van der Waals surface area contributed by atoms with Crippen LogP contribution in [0, 0.1) is 0 Å². The summed E-state index contributed by atoms with van der Waals surface area (Å²) in [5, 5.41) is 10.5. The van der Waals surface area contributed by atoms with E-state index in [0.717, 1.165) is 0 Å². The summed E-state index contributed by atoms with van der Waals surface area (Å²) in [5.41, 5.74) is 1.33. The second kappa shape index (κ2) is 8.85. The number of aromatic amines is 1. The lowest BCUT2D eigenvalue weighted by molar-refractivity contribution is -0.115. The zero-order chi connectivity index (χ0) is 21.1. The number of ether oxygens (including phenoxy) is 3. The molecule has 10 heteroatoms. The van der Waals surface area contributed by atoms with Crippen LogP contribution < -0.4 is 19.5 Å². The van der Waals surface area contributed by atoms with Gasteiger partial charge in [-0.2, -0.15) is 0 Å². The number of hydrogen-bond donors (Lipinski definition) is 2. The fraction of sp³-hybridized carbons (Fsp3) is 0.250. The van der Waals surface area contributed by atoms with Crippen LogP contribution in [0.25, 0.3) is 11.4 Å². The molecule has 30 heavy (non-hydrogen) atoms. The quantitative estimate of drug-likeness (QED) is 0.551. The van der Waals surface area contributed by atoms with Gasteiger partial charge in [-0.15, -0.1) is 5.10 Å². The van der Waals surface area contributed by atoms with Crippen molar-refractivity contribution in [3.63, 3.8) is 0 Å². The number of aromatic nitrogens is 3. The summed E-state index contributed by atoms with van der Waals surface area (Å²) < 4.78 is 16.4. The molecule has 0 saturated heterocycles. The van der Waals surface area contributed by atoms with E-state index in [1.165, 1.54) is 11.8 Å². The van der Waals surface area contributed by atoms with Crippen LogP contribution in [-0.4, -0.2) is 46.7 Å². The highest BCUT2D eigenvalue weighted by Gasteiger charge is 2.20. The van der Waals surface area contributed by atoms with Gasteiger partial charge in [-0.3, -0.25) is 9.89 Å². The van der Waals surface area contributed by atoms with E-state index in [-0.39, 0.29) is 5.91 Å². The van der Waals surface area contributed by atoms with Crippen molar-refractivity contribution in [1.82, 2.24) is 15.2 Å². The van der Waals surface area contributed by atoms with E-state index >= 15 is 0 Å². The maximum atomic E-state index is 12.6. The first-order valence-corrected chi connectivity index (χ1v) is 10.4. The molecule has 8 nitrogen and oxygen atoms in total. The molecule has 1 unspecified atom stereocenters. The molecule has 1 atom stereocenters. The van der Waals surface area contributed by atoms with Crippen LogP contribution in [0.4, 0.5) is 5.69 Å². The van der Waals surface area contributed by atoms with Crippen LogP contribution in [0.2, 0.25) is 5.02 Å². The van der Waals surface area contributed by atoms with Gasteiger partial charge in [0, 0.05) is 16.8 Å². The smallest absolute Gasteiger partial charge is 0.237 e. The van der Waals surface area contributed by atoms with E-state index in [4.69, 9.17) is 25.8 Å². The Bertz CT molecular complexity index is 1070. The zero-order valence-electron chi connectivity index (χ0n) is 16.3. The Hall–Kier alpha value is -2.91. The lowest BCUT2D eigenvalue weighted by Gasteiger charge is -2.19. The van der Waals surface area contributed by atoms with Crippen LogP contribution in [0.3, 0.4) is 0 Å². The molecule has 1 amide bonds. The molecule has 2 N–H and O–H groups in total. The van der Waals surface area contributed by atoms with E-state index in [1.807, 2.05) is 0 Å². The Morgan fingerprint density at radius 3 is 2.83 bits per heavy atom. The van der Waals surface area contributed by atoms with E-state index in [0.29, 0.717) is 57.7 Å². The highest BCUT2D eigenvalue weighted by molar-refractivity contribution is 8.00. The molecule has 0 radical (unpaired) electrons. The van der Waals surface area contributed by atoms with Crippen molar-refractivity contribution in [2.75, 3.05) is 25.6 Å². The zero-order valence-corrected chi connectivity index (χ0v) is 17.8. The minimum absolute atomic E-state index is 0.177. The molecule has 2 heterocycles. The van der Waals surface area contributed by atoms with E-state index in [1.54, 1.807) is 50.4 Å². The third-order valence-electron chi connectivity index (χ3n) is 4.34. The summed E-state index contributed by atoms with van der Waals surface area (Å²) in [6, 6.07) is 10.5. The maximum Gasteiger partial charge on any atom is 0.237 e. The molecule has 0 aliphatic carbocycles. The number of benzene rings is 2.